The maximum absolute atomic E-state index is 5.23. The predicted molar refractivity (Wildman–Crippen MR) is 66.7 cm³/mol. The molecule has 1 saturated carbocycles. The maximum atomic E-state index is 5.23. The average Bonchev–Trinajstić information content (AvgIpc) is 2.99. The minimum absolute atomic E-state index is 0.444. The Bertz CT molecular complexity index is 298. The van der Waals surface area contributed by atoms with Gasteiger partial charge in [-0.3, -0.25) is 0 Å². The van der Waals surface area contributed by atoms with Crippen LogP contribution in [-0.4, -0.2) is 24.7 Å². The summed E-state index contributed by atoms with van der Waals surface area (Å²) in [5.74, 6) is 0.789. The van der Waals surface area contributed by atoms with E-state index in [4.69, 9.17) is 4.74 Å². The van der Waals surface area contributed by atoms with Crippen molar-refractivity contribution in [3.05, 3.63) is 16.6 Å². The highest BCUT2D eigenvalue weighted by Crippen LogP contribution is 2.41. The summed E-state index contributed by atoms with van der Waals surface area (Å²) in [6.45, 7) is 2.98. The molecule has 2 rings (SSSR count). The summed E-state index contributed by atoms with van der Waals surface area (Å²) < 4.78 is 5.23. The van der Waals surface area contributed by atoms with Gasteiger partial charge in [0.2, 0.25) is 0 Å². The number of ether oxygens (including phenoxy) is 1. The van der Waals surface area contributed by atoms with Crippen molar-refractivity contribution >= 4 is 11.3 Å². The summed E-state index contributed by atoms with van der Waals surface area (Å²) in [6.07, 6.45) is 5.66. The van der Waals surface area contributed by atoms with Crippen LogP contribution in [0.4, 0.5) is 0 Å². The van der Waals surface area contributed by atoms with E-state index in [1.165, 1.54) is 17.8 Å². The normalized spacial score (nSPS) is 19.6. The van der Waals surface area contributed by atoms with Gasteiger partial charge in [0.25, 0.3) is 0 Å². The third kappa shape index (κ3) is 3.03. The highest BCUT2D eigenvalue weighted by atomic mass is 32.1. The third-order valence-electron chi connectivity index (χ3n) is 3.09. The monoisotopic (exact) mass is 240 g/mol. The van der Waals surface area contributed by atoms with Gasteiger partial charge in [0.15, 0.2) is 0 Å². The zero-order valence-corrected chi connectivity index (χ0v) is 10.8. The molecular formula is C12H20N2OS. The number of hydrogen-bond donors (Lipinski definition) is 1. The maximum Gasteiger partial charge on any atom is 0.110 e. The van der Waals surface area contributed by atoms with Crippen molar-refractivity contribution in [2.75, 3.05) is 13.7 Å². The van der Waals surface area contributed by atoms with Crippen molar-refractivity contribution in [2.24, 2.45) is 5.92 Å². The van der Waals surface area contributed by atoms with E-state index in [2.05, 4.69) is 22.6 Å². The molecule has 3 nitrogen and oxygen atoms in total. The molecule has 0 unspecified atom stereocenters. The fourth-order valence-electron chi connectivity index (χ4n) is 1.97. The lowest BCUT2D eigenvalue weighted by Crippen LogP contribution is -2.36. The quantitative estimate of drug-likeness (QED) is 0.795. The molecule has 1 aromatic rings. The molecule has 0 bridgehead atoms. The van der Waals surface area contributed by atoms with Gasteiger partial charge in [-0.1, -0.05) is 6.92 Å². The fraction of sp³-hybridized carbons (Fsp3) is 0.750. The standard InChI is InChI=1S/C12H20N2OS/c1-3-10(8-15-2)14-11(9-4-5-9)12-13-6-7-16-12/h6-7,9-11,14H,3-5,8H2,1-2H3/t10-,11-/m1/s1. The van der Waals surface area contributed by atoms with Gasteiger partial charge in [0, 0.05) is 24.7 Å². The largest absolute Gasteiger partial charge is 0.383 e. The number of methoxy groups -OCH3 is 1. The van der Waals surface area contributed by atoms with Gasteiger partial charge < -0.3 is 10.1 Å². The van der Waals surface area contributed by atoms with Crippen molar-refractivity contribution in [1.29, 1.82) is 0 Å². The zero-order chi connectivity index (χ0) is 11.4. The molecule has 1 aromatic heterocycles. The van der Waals surface area contributed by atoms with Crippen LogP contribution in [-0.2, 0) is 4.74 Å². The summed E-state index contributed by atoms with van der Waals surface area (Å²) >= 11 is 1.76. The summed E-state index contributed by atoms with van der Waals surface area (Å²) in [7, 11) is 1.76. The number of aromatic nitrogens is 1. The lowest BCUT2D eigenvalue weighted by molar-refractivity contribution is 0.156. The molecule has 4 heteroatoms. The topological polar surface area (TPSA) is 34.1 Å². The molecule has 0 spiro atoms. The first-order chi connectivity index (χ1) is 7.85. The molecular weight excluding hydrogens is 220 g/mol. The molecule has 1 fully saturated rings. The zero-order valence-electron chi connectivity index (χ0n) is 9.98. The summed E-state index contributed by atoms with van der Waals surface area (Å²) in [5, 5.41) is 6.98. The molecule has 16 heavy (non-hydrogen) atoms. The van der Waals surface area contributed by atoms with Gasteiger partial charge in [0.1, 0.15) is 5.01 Å². The Morgan fingerprint density at radius 1 is 1.62 bits per heavy atom. The van der Waals surface area contributed by atoms with Crippen LogP contribution < -0.4 is 5.32 Å². The lowest BCUT2D eigenvalue weighted by atomic mass is 10.1. The van der Waals surface area contributed by atoms with Crippen LogP contribution in [0.5, 0.6) is 0 Å². The van der Waals surface area contributed by atoms with E-state index in [1.807, 2.05) is 6.20 Å². The molecule has 0 amide bonds. The van der Waals surface area contributed by atoms with Crippen LogP contribution in [0.15, 0.2) is 11.6 Å². The minimum atomic E-state index is 0.444. The second-order valence-corrected chi connectivity index (χ2v) is 5.34. The molecule has 1 aliphatic rings. The molecule has 0 aliphatic heterocycles. The van der Waals surface area contributed by atoms with Crippen molar-refractivity contribution in [2.45, 2.75) is 38.3 Å². The molecule has 0 aromatic carbocycles. The van der Waals surface area contributed by atoms with Crippen LogP contribution in [0.2, 0.25) is 0 Å². The second kappa shape index (κ2) is 5.75. The number of rotatable bonds is 7. The molecule has 0 radical (unpaired) electrons. The van der Waals surface area contributed by atoms with E-state index in [1.54, 1.807) is 18.4 Å². The van der Waals surface area contributed by atoms with Crippen molar-refractivity contribution < 1.29 is 4.74 Å². The van der Waals surface area contributed by atoms with Gasteiger partial charge in [-0.25, -0.2) is 4.98 Å². The van der Waals surface area contributed by atoms with E-state index in [0.29, 0.717) is 12.1 Å². The average molecular weight is 240 g/mol. The van der Waals surface area contributed by atoms with Gasteiger partial charge in [-0.2, -0.15) is 0 Å². The van der Waals surface area contributed by atoms with E-state index in [-0.39, 0.29) is 0 Å². The fourth-order valence-corrected chi connectivity index (χ4v) is 2.76. The Labute approximate surface area is 101 Å². The Balaban J connectivity index is 1.97. The van der Waals surface area contributed by atoms with Crippen molar-refractivity contribution in [1.82, 2.24) is 10.3 Å². The van der Waals surface area contributed by atoms with Gasteiger partial charge >= 0.3 is 0 Å². The lowest BCUT2D eigenvalue weighted by Gasteiger charge is -2.23. The second-order valence-electron chi connectivity index (χ2n) is 4.41. The molecule has 0 saturated heterocycles. The van der Waals surface area contributed by atoms with Gasteiger partial charge in [0.05, 0.1) is 12.6 Å². The minimum Gasteiger partial charge on any atom is -0.383 e. The summed E-state index contributed by atoms with van der Waals surface area (Å²) in [4.78, 5) is 4.44. The Hall–Kier alpha value is -0.450. The first-order valence-corrected chi connectivity index (χ1v) is 6.87. The van der Waals surface area contributed by atoms with Crippen LogP contribution in [0, 0.1) is 5.92 Å². The summed E-state index contributed by atoms with van der Waals surface area (Å²) in [6, 6.07) is 0.889. The molecule has 90 valence electrons. The number of hydrogen-bond acceptors (Lipinski definition) is 4. The number of nitrogens with zero attached hydrogens (tertiary/aromatic N) is 1. The highest BCUT2D eigenvalue weighted by Gasteiger charge is 2.34. The van der Waals surface area contributed by atoms with Crippen LogP contribution in [0.3, 0.4) is 0 Å². The van der Waals surface area contributed by atoms with Gasteiger partial charge in [-0.05, 0) is 25.2 Å². The van der Waals surface area contributed by atoms with E-state index >= 15 is 0 Å². The highest BCUT2D eigenvalue weighted by molar-refractivity contribution is 7.09. The first-order valence-electron chi connectivity index (χ1n) is 5.99. The Kier molecular flexibility index (Phi) is 4.32. The molecule has 1 N–H and O–H groups in total. The molecule has 1 aliphatic carbocycles. The molecule has 2 atom stereocenters. The van der Waals surface area contributed by atoms with E-state index in [9.17, 15) is 0 Å². The van der Waals surface area contributed by atoms with Crippen LogP contribution >= 0.6 is 11.3 Å². The number of thiazole rings is 1. The smallest absolute Gasteiger partial charge is 0.110 e. The SMILES string of the molecule is CC[C@H](COC)N[C@@H](c1nccs1)C1CC1. The first kappa shape index (κ1) is 12.0. The number of nitrogens with one attached hydrogen (secondary N) is 1. The van der Waals surface area contributed by atoms with Crippen LogP contribution in [0.1, 0.15) is 37.2 Å². The van der Waals surface area contributed by atoms with E-state index < -0.39 is 0 Å². The van der Waals surface area contributed by atoms with E-state index in [0.717, 1.165) is 18.9 Å². The Morgan fingerprint density at radius 3 is 2.94 bits per heavy atom. The Morgan fingerprint density at radius 2 is 2.44 bits per heavy atom. The van der Waals surface area contributed by atoms with Crippen LogP contribution in [0.25, 0.3) is 0 Å². The predicted octanol–water partition coefficient (Wildman–Crippen LogP) is 2.61. The van der Waals surface area contributed by atoms with Gasteiger partial charge in [-0.15, -0.1) is 11.3 Å². The van der Waals surface area contributed by atoms with Crippen molar-refractivity contribution in [3.8, 4) is 0 Å². The van der Waals surface area contributed by atoms with Crippen molar-refractivity contribution in [3.63, 3.8) is 0 Å². The summed E-state index contributed by atoms with van der Waals surface area (Å²) in [5.41, 5.74) is 0. The third-order valence-corrected chi connectivity index (χ3v) is 3.95. The molecule has 1 heterocycles.